The molecule has 0 atom stereocenters. The predicted molar refractivity (Wildman–Crippen MR) is 93.5 cm³/mol. The van der Waals surface area contributed by atoms with Gasteiger partial charge in [0.05, 0.1) is 0 Å². The van der Waals surface area contributed by atoms with Crippen LogP contribution in [0.1, 0.15) is 35.6 Å². The van der Waals surface area contributed by atoms with E-state index in [-0.39, 0.29) is 5.91 Å². The van der Waals surface area contributed by atoms with E-state index < -0.39 is 0 Å². The summed E-state index contributed by atoms with van der Waals surface area (Å²) in [6.07, 6.45) is 0. The van der Waals surface area contributed by atoms with E-state index in [2.05, 4.69) is 15.3 Å². The molecule has 0 aliphatic rings. The van der Waals surface area contributed by atoms with E-state index in [4.69, 9.17) is 11.6 Å². The standard InChI is InChI=1S/C17H21ClN4O/c1-5-22(6-2)16(23)15-9-12(4)19-17(21-15)20-14-10-13(18)8-7-11(14)3/h7-10H,5-6H2,1-4H3,(H,19,20,21). The van der Waals surface area contributed by atoms with Crippen LogP contribution in [0.2, 0.25) is 5.02 Å². The van der Waals surface area contributed by atoms with Gasteiger partial charge < -0.3 is 10.2 Å². The fourth-order valence-electron chi connectivity index (χ4n) is 2.26. The summed E-state index contributed by atoms with van der Waals surface area (Å²) in [5.41, 5.74) is 2.97. The first kappa shape index (κ1) is 17.2. The highest BCUT2D eigenvalue weighted by atomic mass is 35.5. The van der Waals surface area contributed by atoms with Gasteiger partial charge in [-0.2, -0.15) is 0 Å². The normalized spacial score (nSPS) is 10.5. The number of rotatable bonds is 5. The summed E-state index contributed by atoms with van der Waals surface area (Å²) in [4.78, 5) is 22.9. The molecule has 1 aromatic heterocycles. The van der Waals surface area contributed by atoms with Gasteiger partial charge in [-0.1, -0.05) is 17.7 Å². The summed E-state index contributed by atoms with van der Waals surface area (Å²) in [5.74, 6) is 0.303. The van der Waals surface area contributed by atoms with Crippen LogP contribution in [0.3, 0.4) is 0 Å². The first-order valence-corrected chi connectivity index (χ1v) is 8.00. The first-order chi connectivity index (χ1) is 10.9. The Morgan fingerprint density at radius 1 is 1.17 bits per heavy atom. The van der Waals surface area contributed by atoms with Crippen LogP contribution in [0.4, 0.5) is 11.6 Å². The van der Waals surface area contributed by atoms with Crippen molar-refractivity contribution in [1.29, 1.82) is 0 Å². The second kappa shape index (κ2) is 7.42. The highest BCUT2D eigenvalue weighted by Crippen LogP contribution is 2.23. The number of hydrogen-bond acceptors (Lipinski definition) is 4. The molecule has 2 rings (SSSR count). The summed E-state index contributed by atoms with van der Waals surface area (Å²) in [6.45, 7) is 9.00. The van der Waals surface area contributed by atoms with E-state index in [1.165, 1.54) is 0 Å². The maximum atomic E-state index is 12.5. The predicted octanol–water partition coefficient (Wildman–Crippen LogP) is 3.97. The quantitative estimate of drug-likeness (QED) is 0.900. The Balaban J connectivity index is 2.34. The molecule has 0 fully saturated rings. The lowest BCUT2D eigenvalue weighted by atomic mass is 10.2. The molecular weight excluding hydrogens is 312 g/mol. The molecule has 122 valence electrons. The van der Waals surface area contributed by atoms with E-state index in [9.17, 15) is 4.79 Å². The zero-order valence-corrected chi connectivity index (χ0v) is 14.6. The third-order valence-corrected chi connectivity index (χ3v) is 3.81. The summed E-state index contributed by atoms with van der Waals surface area (Å²) in [5, 5.41) is 3.78. The lowest BCUT2D eigenvalue weighted by Gasteiger charge is -2.18. The molecule has 0 saturated heterocycles. The number of nitrogens with zero attached hydrogens (tertiary/aromatic N) is 3. The molecule has 0 unspecified atom stereocenters. The second-order valence-electron chi connectivity index (χ2n) is 5.28. The minimum absolute atomic E-state index is 0.0913. The fourth-order valence-corrected chi connectivity index (χ4v) is 2.43. The largest absolute Gasteiger partial charge is 0.338 e. The summed E-state index contributed by atoms with van der Waals surface area (Å²) in [6, 6.07) is 7.27. The van der Waals surface area contributed by atoms with E-state index in [0.717, 1.165) is 16.9 Å². The van der Waals surface area contributed by atoms with Gasteiger partial charge in [0.2, 0.25) is 5.95 Å². The topological polar surface area (TPSA) is 58.1 Å². The minimum atomic E-state index is -0.0913. The van der Waals surface area contributed by atoms with Gasteiger partial charge >= 0.3 is 0 Å². The van der Waals surface area contributed by atoms with E-state index in [1.807, 2.05) is 45.9 Å². The highest BCUT2D eigenvalue weighted by molar-refractivity contribution is 6.30. The van der Waals surface area contributed by atoms with Crippen molar-refractivity contribution in [3.05, 3.63) is 46.2 Å². The van der Waals surface area contributed by atoms with E-state index in [0.29, 0.717) is 29.8 Å². The minimum Gasteiger partial charge on any atom is -0.338 e. The zero-order valence-electron chi connectivity index (χ0n) is 13.9. The number of anilines is 2. The maximum absolute atomic E-state index is 12.5. The van der Waals surface area contributed by atoms with Crippen LogP contribution >= 0.6 is 11.6 Å². The summed E-state index contributed by atoms with van der Waals surface area (Å²) >= 11 is 6.03. The van der Waals surface area contributed by atoms with Crippen LogP contribution in [-0.2, 0) is 0 Å². The molecule has 0 aliphatic heterocycles. The van der Waals surface area contributed by atoms with Crippen molar-refractivity contribution in [3.63, 3.8) is 0 Å². The molecule has 2 aromatic rings. The van der Waals surface area contributed by atoms with Gasteiger partial charge in [0.25, 0.3) is 5.91 Å². The second-order valence-corrected chi connectivity index (χ2v) is 5.72. The van der Waals surface area contributed by atoms with Gasteiger partial charge in [-0.15, -0.1) is 0 Å². The van der Waals surface area contributed by atoms with Crippen LogP contribution in [0, 0.1) is 13.8 Å². The van der Waals surface area contributed by atoms with Crippen molar-refractivity contribution >= 4 is 29.1 Å². The van der Waals surface area contributed by atoms with Crippen molar-refractivity contribution in [2.45, 2.75) is 27.7 Å². The average molecular weight is 333 g/mol. The molecule has 1 N–H and O–H groups in total. The number of carbonyl (C=O) groups is 1. The van der Waals surface area contributed by atoms with Crippen LogP contribution in [-0.4, -0.2) is 33.9 Å². The average Bonchev–Trinajstić information content (AvgIpc) is 2.51. The molecule has 5 nitrogen and oxygen atoms in total. The van der Waals surface area contributed by atoms with Crippen molar-refractivity contribution in [2.75, 3.05) is 18.4 Å². The Morgan fingerprint density at radius 2 is 1.87 bits per heavy atom. The smallest absolute Gasteiger partial charge is 0.272 e. The molecule has 0 aliphatic carbocycles. The Labute approximate surface area is 141 Å². The highest BCUT2D eigenvalue weighted by Gasteiger charge is 2.16. The van der Waals surface area contributed by atoms with Crippen molar-refractivity contribution < 1.29 is 4.79 Å². The number of carbonyl (C=O) groups excluding carboxylic acids is 1. The molecule has 0 bridgehead atoms. The number of amides is 1. The lowest BCUT2D eigenvalue weighted by molar-refractivity contribution is 0.0767. The monoisotopic (exact) mass is 332 g/mol. The molecule has 0 spiro atoms. The summed E-state index contributed by atoms with van der Waals surface area (Å²) < 4.78 is 0. The van der Waals surface area contributed by atoms with Crippen LogP contribution in [0.25, 0.3) is 0 Å². The molecule has 0 radical (unpaired) electrons. The number of aryl methyl sites for hydroxylation is 2. The Kier molecular flexibility index (Phi) is 5.55. The van der Waals surface area contributed by atoms with E-state index >= 15 is 0 Å². The SMILES string of the molecule is CCN(CC)C(=O)c1cc(C)nc(Nc2cc(Cl)ccc2C)n1. The maximum Gasteiger partial charge on any atom is 0.272 e. The van der Waals surface area contributed by atoms with Gasteiger partial charge in [0.1, 0.15) is 5.69 Å². The van der Waals surface area contributed by atoms with Crippen LogP contribution in [0.15, 0.2) is 24.3 Å². The molecule has 1 amide bonds. The van der Waals surface area contributed by atoms with Crippen molar-refractivity contribution in [2.24, 2.45) is 0 Å². The Hall–Kier alpha value is -2.14. The molecular formula is C17H21ClN4O. The van der Waals surface area contributed by atoms with Crippen LogP contribution < -0.4 is 5.32 Å². The van der Waals surface area contributed by atoms with Crippen molar-refractivity contribution in [1.82, 2.24) is 14.9 Å². The zero-order chi connectivity index (χ0) is 17.0. The lowest BCUT2D eigenvalue weighted by Crippen LogP contribution is -2.31. The first-order valence-electron chi connectivity index (χ1n) is 7.62. The number of hydrogen-bond donors (Lipinski definition) is 1. The Morgan fingerprint density at radius 3 is 2.52 bits per heavy atom. The van der Waals surface area contributed by atoms with Crippen LogP contribution in [0.5, 0.6) is 0 Å². The number of aromatic nitrogens is 2. The third-order valence-electron chi connectivity index (χ3n) is 3.57. The molecule has 0 saturated carbocycles. The van der Waals surface area contributed by atoms with Gasteiger partial charge in [-0.3, -0.25) is 4.79 Å². The summed E-state index contributed by atoms with van der Waals surface area (Å²) in [7, 11) is 0. The third kappa shape index (κ3) is 4.20. The molecule has 23 heavy (non-hydrogen) atoms. The van der Waals surface area contributed by atoms with Crippen molar-refractivity contribution in [3.8, 4) is 0 Å². The number of benzene rings is 1. The van der Waals surface area contributed by atoms with Gasteiger partial charge in [0.15, 0.2) is 0 Å². The fraction of sp³-hybridized carbons (Fsp3) is 0.353. The molecule has 1 heterocycles. The van der Waals surface area contributed by atoms with Gasteiger partial charge in [-0.25, -0.2) is 9.97 Å². The van der Waals surface area contributed by atoms with Gasteiger partial charge in [0, 0.05) is 29.5 Å². The molecule has 1 aromatic carbocycles. The molecule has 6 heteroatoms. The number of nitrogens with one attached hydrogen (secondary N) is 1. The van der Waals surface area contributed by atoms with E-state index in [1.54, 1.807) is 11.0 Å². The Bertz CT molecular complexity index is 714. The van der Waals surface area contributed by atoms with Gasteiger partial charge in [-0.05, 0) is 51.5 Å². The number of halogens is 1.